The molecule has 0 spiro atoms. The molecule has 1 aliphatic rings. The lowest BCUT2D eigenvalue weighted by Crippen LogP contribution is -2.06. The standard InChI is InChI=1S/C21H20N2O6/c1-4-27-18-9-6-14(12-19(18)28-5-2)11-16-21(24)29-20(22-16)15-7-8-17(23(25)26)13(3)10-15/h6-12H,4-5H2,1-3H3/b16-11-. The number of aryl methyl sites for hydroxylation is 1. The van der Waals surface area contributed by atoms with Crippen molar-refractivity contribution in [2.45, 2.75) is 20.8 Å². The highest BCUT2D eigenvalue weighted by molar-refractivity contribution is 6.13. The molecule has 0 saturated carbocycles. The van der Waals surface area contributed by atoms with Crippen LogP contribution in [0.2, 0.25) is 0 Å². The zero-order valence-corrected chi connectivity index (χ0v) is 16.3. The number of esters is 1. The number of ether oxygens (including phenoxy) is 3. The van der Waals surface area contributed by atoms with Crippen LogP contribution in [0.25, 0.3) is 6.08 Å². The summed E-state index contributed by atoms with van der Waals surface area (Å²) in [5.74, 6) is 0.708. The number of carbonyl (C=O) groups excluding carboxylic acids is 1. The summed E-state index contributed by atoms with van der Waals surface area (Å²) in [5.41, 5.74) is 1.77. The first-order valence-electron chi connectivity index (χ1n) is 9.10. The summed E-state index contributed by atoms with van der Waals surface area (Å²) >= 11 is 0. The summed E-state index contributed by atoms with van der Waals surface area (Å²) in [7, 11) is 0. The van der Waals surface area contributed by atoms with Crippen molar-refractivity contribution in [3.05, 3.63) is 68.9 Å². The molecule has 3 rings (SSSR count). The van der Waals surface area contributed by atoms with Gasteiger partial charge in [0, 0.05) is 17.2 Å². The molecule has 8 nitrogen and oxygen atoms in total. The molecule has 0 saturated heterocycles. The number of hydrogen-bond acceptors (Lipinski definition) is 7. The predicted octanol–water partition coefficient (Wildman–Crippen LogP) is 4.05. The molecule has 29 heavy (non-hydrogen) atoms. The van der Waals surface area contributed by atoms with Crippen molar-refractivity contribution in [1.82, 2.24) is 0 Å². The number of nitrogens with zero attached hydrogens (tertiary/aromatic N) is 2. The second-order valence-electron chi connectivity index (χ2n) is 6.17. The van der Waals surface area contributed by atoms with Crippen LogP contribution in [0.3, 0.4) is 0 Å². The molecule has 0 bridgehead atoms. The molecule has 2 aromatic carbocycles. The molecule has 0 radical (unpaired) electrons. The highest BCUT2D eigenvalue weighted by Crippen LogP contribution is 2.30. The number of nitro benzene ring substituents is 1. The molecule has 0 unspecified atom stereocenters. The Bertz CT molecular complexity index is 1030. The molecule has 2 aromatic rings. The maximum absolute atomic E-state index is 12.2. The maximum Gasteiger partial charge on any atom is 0.363 e. The molecule has 1 aliphatic heterocycles. The Morgan fingerprint density at radius 3 is 2.48 bits per heavy atom. The fourth-order valence-electron chi connectivity index (χ4n) is 2.84. The average Bonchev–Trinajstić information content (AvgIpc) is 3.04. The Balaban J connectivity index is 1.91. The number of benzene rings is 2. The number of aliphatic imine (C=N–C) groups is 1. The van der Waals surface area contributed by atoms with Gasteiger partial charge in [0.15, 0.2) is 17.2 Å². The summed E-state index contributed by atoms with van der Waals surface area (Å²) in [4.78, 5) is 27.0. The lowest BCUT2D eigenvalue weighted by molar-refractivity contribution is -0.385. The molecule has 0 fully saturated rings. The second-order valence-corrected chi connectivity index (χ2v) is 6.17. The van der Waals surface area contributed by atoms with E-state index in [-0.39, 0.29) is 17.3 Å². The molecule has 0 aliphatic carbocycles. The van der Waals surface area contributed by atoms with Gasteiger partial charge in [0.25, 0.3) is 5.69 Å². The fourth-order valence-corrected chi connectivity index (χ4v) is 2.84. The molecule has 150 valence electrons. The van der Waals surface area contributed by atoms with E-state index in [0.717, 1.165) is 0 Å². The molecule has 0 N–H and O–H groups in total. The van der Waals surface area contributed by atoms with E-state index in [2.05, 4.69) is 4.99 Å². The minimum atomic E-state index is -0.595. The number of hydrogen-bond donors (Lipinski definition) is 0. The van der Waals surface area contributed by atoms with E-state index in [1.165, 1.54) is 12.1 Å². The summed E-state index contributed by atoms with van der Waals surface area (Å²) < 4.78 is 16.4. The first-order chi connectivity index (χ1) is 13.9. The Morgan fingerprint density at radius 2 is 1.83 bits per heavy atom. The fraction of sp³-hybridized carbons (Fsp3) is 0.238. The molecular weight excluding hydrogens is 376 g/mol. The Kier molecular flexibility index (Phi) is 5.92. The smallest absolute Gasteiger partial charge is 0.363 e. The van der Waals surface area contributed by atoms with Crippen molar-refractivity contribution in [2.24, 2.45) is 4.99 Å². The highest BCUT2D eigenvalue weighted by atomic mass is 16.6. The van der Waals surface area contributed by atoms with Crippen LogP contribution >= 0.6 is 0 Å². The van der Waals surface area contributed by atoms with Gasteiger partial charge in [-0.05, 0) is 56.7 Å². The maximum atomic E-state index is 12.2. The van der Waals surface area contributed by atoms with Crippen LogP contribution in [0.5, 0.6) is 11.5 Å². The molecular formula is C21H20N2O6. The summed E-state index contributed by atoms with van der Waals surface area (Å²) in [6.07, 6.45) is 1.59. The highest BCUT2D eigenvalue weighted by Gasteiger charge is 2.25. The lowest BCUT2D eigenvalue weighted by Gasteiger charge is -2.11. The van der Waals surface area contributed by atoms with Crippen molar-refractivity contribution in [2.75, 3.05) is 13.2 Å². The Hall–Kier alpha value is -3.68. The van der Waals surface area contributed by atoms with Gasteiger partial charge in [-0.15, -0.1) is 0 Å². The van der Waals surface area contributed by atoms with Crippen molar-refractivity contribution in [3.8, 4) is 11.5 Å². The third-order valence-electron chi connectivity index (χ3n) is 4.13. The van der Waals surface area contributed by atoms with Gasteiger partial charge in [-0.2, -0.15) is 0 Å². The number of nitro groups is 1. The summed E-state index contributed by atoms with van der Waals surface area (Å²) in [6.45, 7) is 6.36. The van der Waals surface area contributed by atoms with Crippen LogP contribution in [0, 0.1) is 17.0 Å². The predicted molar refractivity (Wildman–Crippen MR) is 107 cm³/mol. The van der Waals surface area contributed by atoms with Gasteiger partial charge in [0.2, 0.25) is 5.90 Å². The van der Waals surface area contributed by atoms with Crippen LogP contribution in [-0.4, -0.2) is 30.0 Å². The van der Waals surface area contributed by atoms with Gasteiger partial charge in [-0.1, -0.05) is 6.07 Å². The van der Waals surface area contributed by atoms with Crippen molar-refractivity contribution < 1.29 is 23.9 Å². The van der Waals surface area contributed by atoms with Crippen LogP contribution < -0.4 is 9.47 Å². The minimum Gasteiger partial charge on any atom is -0.490 e. The zero-order valence-electron chi connectivity index (χ0n) is 16.3. The lowest BCUT2D eigenvalue weighted by atomic mass is 10.1. The van der Waals surface area contributed by atoms with E-state index in [1.807, 2.05) is 13.8 Å². The van der Waals surface area contributed by atoms with Crippen molar-refractivity contribution in [1.29, 1.82) is 0 Å². The van der Waals surface area contributed by atoms with Crippen molar-refractivity contribution in [3.63, 3.8) is 0 Å². The zero-order chi connectivity index (χ0) is 21.0. The van der Waals surface area contributed by atoms with E-state index >= 15 is 0 Å². The quantitative estimate of drug-likeness (QED) is 0.303. The van der Waals surface area contributed by atoms with Gasteiger partial charge in [0.05, 0.1) is 18.1 Å². The largest absolute Gasteiger partial charge is 0.490 e. The van der Waals surface area contributed by atoms with Gasteiger partial charge >= 0.3 is 5.97 Å². The van der Waals surface area contributed by atoms with E-state index in [0.29, 0.717) is 41.4 Å². The Morgan fingerprint density at radius 1 is 1.10 bits per heavy atom. The number of rotatable bonds is 7. The van der Waals surface area contributed by atoms with Crippen LogP contribution in [0.1, 0.15) is 30.5 Å². The van der Waals surface area contributed by atoms with Gasteiger partial charge in [0.1, 0.15) is 0 Å². The number of cyclic esters (lactones) is 1. The van der Waals surface area contributed by atoms with E-state index in [4.69, 9.17) is 14.2 Å². The third kappa shape index (κ3) is 4.43. The Labute approximate surface area is 167 Å². The minimum absolute atomic E-state index is 0.00715. The second kappa shape index (κ2) is 8.55. The van der Waals surface area contributed by atoms with E-state index < -0.39 is 10.9 Å². The van der Waals surface area contributed by atoms with Gasteiger partial charge < -0.3 is 14.2 Å². The summed E-state index contributed by atoms with van der Waals surface area (Å²) in [5, 5.41) is 11.0. The summed E-state index contributed by atoms with van der Waals surface area (Å²) in [6, 6.07) is 9.76. The van der Waals surface area contributed by atoms with E-state index in [9.17, 15) is 14.9 Å². The number of carbonyl (C=O) groups is 1. The molecule has 8 heteroatoms. The van der Waals surface area contributed by atoms with Crippen LogP contribution in [0.15, 0.2) is 47.1 Å². The first kappa shape index (κ1) is 20.1. The molecule has 1 heterocycles. The average molecular weight is 396 g/mol. The molecule has 0 aromatic heterocycles. The topological polar surface area (TPSA) is 100 Å². The van der Waals surface area contributed by atoms with Gasteiger partial charge in [-0.3, -0.25) is 10.1 Å². The molecule has 0 amide bonds. The first-order valence-corrected chi connectivity index (χ1v) is 9.10. The SMILES string of the molecule is CCOc1ccc(/C=C2\N=C(c3ccc([N+](=O)[O-])c(C)c3)OC2=O)cc1OCC. The van der Waals surface area contributed by atoms with Crippen molar-refractivity contribution >= 4 is 23.6 Å². The third-order valence-corrected chi connectivity index (χ3v) is 4.13. The normalized spacial score (nSPS) is 14.5. The van der Waals surface area contributed by atoms with E-state index in [1.54, 1.807) is 37.3 Å². The van der Waals surface area contributed by atoms with Crippen LogP contribution in [-0.2, 0) is 9.53 Å². The monoisotopic (exact) mass is 396 g/mol. The van der Waals surface area contributed by atoms with Crippen LogP contribution in [0.4, 0.5) is 5.69 Å². The van der Waals surface area contributed by atoms with Gasteiger partial charge in [-0.25, -0.2) is 9.79 Å². The molecule has 0 atom stereocenters.